The molecule has 3 rings (SSSR count). The van der Waals surface area contributed by atoms with Gasteiger partial charge in [-0.25, -0.2) is 0 Å². The Morgan fingerprint density at radius 3 is 2.75 bits per heavy atom. The van der Waals surface area contributed by atoms with Gasteiger partial charge in [0.2, 0.25) is 5.91 Å². The van der Waals surface area contributed by atoms with Crippen LogP contribution in [0, 0.1) is 0 Å². The fourth-order valence-corrected chi connectivity index (χ4v) is 3.62. The molecule has 1 aliphatic heterocycles. The number of carbonyl (C=O) groups is 1. The monoisotopic (exact) mass is 421 g/mol. The molecular formula is C21H25Cl2N3O2. The summed E-state index contributed by atoms with van der Waals surface area (Å²) in [5.74, 6) is 0.000137. The third-order valence-electron chi connectivity index (χ3n) is 5.00. The second kappa shape index (κ2) is 9.50. The second-order valence-corrected chi connectivity index (χ2v) is 7.88. The predicted octanol–water partition coefficient (Wildman–Crippen LogP) is 3.68. The van der Waals surface area contributed by atoms with Gasteiger partial charge in [-0.1, -0.05) is 41.4 Å². The average Bonchev–Trinajstić information content (AvgIpc) is 3.13. The SMILES string of the molecule is CN(CCc1ccccc1N1CC[C@H](O)C1)C(=O)CNc1ccc(Cl)c(Cl)c1. The summed E-state index contributed by atoms with van der Waals surface area (Å²) >= 11 is 11.9. The van der Waals surface area contributed by atoms with E-state index in [1.54, 1.807) is 30.1 Å². The summed E-state index contributed by atoms with van der Waals surface area (Å²) < 4.78 is 0. The molecule has 0 spiro atoms. The molecule has 1 atom stereocenters. The van der Waals surface area contributed by atoms with Gasteiger partial charge in [0.05, 0.1) is 22.7 Å². The summed E-state index contributed by atoms with van der Waals surface area (Å²) in [4.78, 5) is 16.4. The maximum atomic E-state index is 12.4. The number of carbonyl (C=O) groups excluding carboxylic acids is 1. The summed E-state index contributed by atoms with van der Waals surface area (Å²) in [7, 11) is 1.81. The first-order valence-electron chi connectivity index (χ1n) is 9.38. The zero-order chi connectivity index (χ0) is 20.1. The third-order valence-corrected chi connectivity index (χ3v) is 5.74. The number of benzene rings is 2. The van der Waals surface area contributed by atoms with Crippen LogP contribution in [0.2, 0.25) is 10.0 Å². The van der Waals surface area contributed by atoms with Gasteiger partial charge in [0.25, 0.3) is 0 Å². The summed E-state index contributed by atoms with van der Waals surface area (Å²) in [5, 5.41) is 13.8. The standard InChI is InChI=1S/C21H25Cl2N3O2/c1-25(21(28)13-24-16-6-7-18(22)19(23)12-16)10-8-15-4-2-3-5-20(15)26-11-9-17(27)14-26/h2-7,12,17,24,27H,8-11,13-14H2,1H3/t17-/m0/s1. The van der Waals surface area contributed by atoms with Gasteiger partial charge in [0.15, 0.2) is 0 Å². The Hall–Kier alpha value is -1.95. The van der Waals surface area contributed by atoms with Gasteiger partial charge in [0.1, 0.15) is 0 Å². The molecule has 1 saturated heterocycles. The van der Waals surface area contributed by atoms with Crippen molar-refractivity contribution in [1.82, 2.24) is 4.90 Å². The Balaban J connectivity index is 1.53. The molecular weight excluding hydrogens is 397 g/mol. The topological polar surface area (TPSA) is 55.8 Å². The molecule has 2 aromatic rings. The van der Waals surface area contributed by atoms with E-state index in [0.29, 0.717) is 23.1 Å². The van der Waals surface area contributed by atoms with Crippen LogP contribution >= 0.6 is 23.2 Å². The van der Waals surface area contributed by atoms with Crippen LogP contribution in [-0.4, -0.2) is 55.2 Å². The lowest BCUT2D eigenvalue weighted by Gasteiger charge is -2.23. The van der Waals surface area contributed by atoms with Crippen LogP contribution in [-0.2, 0) is 11.2 Å². The molecule has 5 nitrogen and oxygen atoms in total. The number of aliphatic hydroxyl groups is 1. The molecule has 2 aromatic carbocycles. The number of para-hydroxylation sites is 1. The van der Waals surface area contributed by atoms with E-state index in [9.17, 15) is 9.90 Å². The molecule has 0 saturated carbocycles. The van der Waals surface area contributed by atoms with E-state index >= 15 is 0 Å². The third kappa shape index (κ3) is 5.31. The lowest BCUT2D eigenvalue weighted by Crippen LogP contribution is -2.34. The van der Waals surface area contributed by atoms with E-state index in [-0.39, 0.29) is 18.6 Å². The summed E-state index contributed by atoms with van der Waals surface area (Å²) in [6.45, 7) is 2.34. The maximum absolute atomic E-state index is 12.4. The number of nitrogens with one attached hydrogen (secondary N) is 1. The van der Waals surface area contributed by atoms with Crippen LogP contribution in [0.1, 0.15) is 12.0 Å². The molecule has 0 bridgehead atoms. The number of nitrogens with zero attached hydrogens (tertiary/aromatic N) is 2. The van der Waals surface area contributed by atoms with Crippen molar-refractivity contribution >= 4 is 40.5 Å². The van der Waals surface area contributed by atoms with Crippen LogP contribution in [0.5, 0.6) is 0 Å². The zero-order valence-corrected chi connectivity index (χ0v) is 17.4. The Morgan fingerprint density at radius 1 is 1.25 bits per heavy atom. The predicted molar refractivity (Wildman–Crippen MR) is 116 cm³/mol. The number of β-amino-alcohol motifs (C(OH)–C–C–N with tert-alkyl or cyclic N) is 1. The van der Waals surface area contributed by atoms with E-state index < -0.39 is 0 Å². The fourth-order valence-electron chi connectivity index (χ4n) is 3.32. The fraction of sp³-hybridized carbons (Fsp3) is 0.381. The van der Waals surface area contributed by atoms with Gasteiger partial charge in [-0.15, -0.1) is 0 Å². The van der Waals surface area contributed by atoms with Gasteiger partial charge in [-0.05, 0) is 42.7 Å². The lowest BCUT2D eigenvalue weighted by molar-refractivity contribution is -0.127. The number of aliphatic hydroxyl groups excluding tert-OH is 1. The molecule has 1 amide bonds. The normalized spacial score (nSPS) is 16.3. The van der Waals surface area contributed by atoms with Crippen molar-refractivity contribution in [2.75, 3.05) is 43.4 Å². The minimum absolute atomic E-state index is 0.000137. The molecule has 0 aliphatic carbocycles. The van der Waals surface area contributed by atoms with Crippen LogP contribution in [0.3, 0.4) is 0 Å². The molecule has 0 radical (unpaired) electrons. The van der Waals surface area contributed by atoms with Crippen molar-refractivity contribution < 1.29 is 9.90 Å². The largest absolute Gasteiger partial charge is 0.391 e. The van der Waals surface area contributed by atoms with Crippen molar-refractivity contribution in [2.24, 2.45) is 0 Å². The van der Waals surface area contributed by atoms with Crippen LogP contribution in [0.15, 0.2) is 42.5 Å². The Labute approximate surface area is 175 Å². The Bertz CT molecular complexity index is 831. The number of hydrogen-bond donors (Lipinski definition) is 2. The van der Waals surface area contributed by atoms with Gasteiger partial charge in [0, 0.05) is 38.1 Å². The highest BCUT2D eigenvalue weighted by atomic mass is 35.5. The first-order valence-corrected chi connectivity index (χ1v) is 10.1. The van der Waals surface area contributed by atoms with E-state index in [1.807, 2.05) is 12.1 Å². The van der Waals surface area contributed by atoms with Gasteiger partial charge < -0.3 is 20.2 Å². The second-order valence-electron chi connectivity index (χ2n) is 7.06. The van der Waals surface area contributed by atoms with Crippen molar-refractivity contribution in [3.05, 3.63) is 58.1 Å². The van der Waals surface area contributed by atoms with E-state index in [1.165, 1.54) is 5.56 Å². The molecule has 1 aliphatic rings. The highest BCUT2D eigenvalue weighted by Gasteiger charge is 2.22. The highest BCUT2D eigenvalue weighted by Crippen LogP contribution is 2.26. The number of rotatable bonds is 7. The van der Waals surface area contributed by atoms with Crippen molar-refractivity contribution in [2.45, 2.75) is 18.9 Å². The maximum Gasteiger partial charge on any atom is 0.241 e. The first-order chi connectivity index (χ1) is 13.4. The summed E-state index contributed by atoms with van der Waals surface area (Å²) in [5.41, 5.74) is 3.09. The van der Waals surface area contributed by atoms with Crippen molar-refractivity contribution in [3.63, 3.8) is 0 Å². The van der Waals surface area contributed by atoms with Crippen LogP contribution in [0.4, 0.5) is 11.4 Å². The van der Waals surface area contributed by atoms with Crippen LogP contribution < -0.4 is 10.2 Å². The number of hydrogen-bond acceptors (Lipinski definition) is 4. The number of anilines is 2. The van der Waals surface area contributed by atoms with E-state index in [4.69, 9.17) is 23.2 Å². The van der Waals surface area contributed by atoms with Gasteiger partial charge in [-0.3, -0.25) is 4.79 Å². The van der Waals surface area contributed by atoms with E-state index in [2.05, 4.69) is 22.3 Å². The molecule has 28 heavy (non-hydrogen) atoms. The van der Waals surface area contributed by atoms with Crippen molar-refractivity contribution in [1.29, 1.82) is 0 Å². The quantitative estimate of drug-likeness (QED) is 0.715. The molecule has 0 aromatic heterocycles. The van der Waals surface area contributed by atoms with Gasteiger partial charge >= 0.3 is 0 Å². The smallest absolute Gasteiger partial charge is 0.241 e. The van der Waals surface area contributed by atoms with Crippen LogP contribution in [0.25, 0.3) is 0 Å². The van der Waals surface area contributed by atoms with Crippen molar-refractivity contribution in [3.8, 4) is 0 Å². The molecule has 7 heteroatoms. The number of halogens is 2. The molecule has 2 N–H and O–H groups in total. The molecule has 1 fully saturated rings. The number of amides is 1. The molecule has 1 heterocycles. The highest BCUT2D eigenvalue weighted by molar-refractivity contribution is 6.42. The minimum Gasteiger partial charge on any atom is -0.391 e. The molecule has 0 unspecified atom stereocenters. The summed E-state index contributed by atoms with van der Waals surface area (Å²) in [6.07, 6.45) is 1.30. The summed E-state index contributed by atoms with van der Waals surface area (Å²) in [6, 6.07) is 13.4. The van der Waals surface area contributed by atoms with Gasteiger partial charge in [-0.2, -0.15) is 0 Å². The number of likely N-dealkylation sites (N-methyl/N-ethyl adjacent to an activating group) is 1. The first kappa shape index (κ1) is 20.8. The lowest BCUT2D eigenvalue weighted by atomic mass is 10.1. The zero-order valence-electron chi connectivity index (χ0n) is 15.9. The minimum atomic E-state index is -0.259. The average molecular weight is 422 g/mol. The Kier molecular flexibility index (Phi) is 7.05. The van der Waals surface area contributed by atoms with E-state index in [0.717, 1.165) is 30.8 Å². The Morgan fingerprint density at radius 2 is 2.04 bits per heavy atom. The molecule has 150 valence electrons.